The number of carboxylic acid groups (broad SMARTS) is 1. The molecule has 3 aromatic rings. The number of carbonyl (C=O) groups is 2. The molecule has 0 aliphatic carbocycles. The molecule has 6 nitrogen and oxygen atoms in total. The number of rotatable bonds is 6. The minimum Gasteiger partial charge on any atom is -0.478 e. The van der Waals surface area contributed by atoms with Crippen LogP contribution in [0.4, 0.5) is 5.69 Å². The van der Waals surface area contributed by atoms with Crippen LogP contribution in [0.1, 0.15) is 26.3 Å². The molecule has 0 aliphatic heterocycles. The summed E-state index contributed by atoms with van der Waals surface area (Å²) in [7, 11) is 0. The highest BCUT2D eigenvalue weighted by molar-refractivity contribution is 7.99. The lowest BCUT2D eigenvalue weighted by molar-refractivity contribution is -0.387. The number of benzene rings is 3. The van der Waals surface area contributed by atoms with Gasteiger partial charge in [-0.1, -0.05) is 47.1 Å². The molecule has 146 valence electrons. The fourth-order valence-corrected chi connectivity index (χ4v) is 3.82. The van der Waals surface area contributed by atoms with Crippen LogP contribution in [0.5, 0.6) is 0 Å². The van der Waals surface area contributed by atoms with Crippen molar-refractivity contribution in [1.29, 1.82) is 0 Å². The first-order valence-electron chi connectivity index (χ1n) is 8.05. The van der Waals surface area contributed by atoms with E-state index in [4.69, 9.17) is 28.3 Å². The molecule has 0 atom stereocenters. The Morgan fingerprint density at radius 2 is 1.59 bits per heavy atom. The van der Waals surface area contributed by atoms with Crippen LogP contribution in [-0.2, 0) is 0 Å². The van der Waals surface area contributed by atoms with Crippen molar-refractivity contribution in [2.24, 2.45) is 0 Å². The third kappa shape index (κ3) is 4.76. The van der Waals surface area contributed by atoms with E-state index in [1.807, 2.05) is 0 Å². The first-order valence-corrected chi connectivity index (χ1v) is 9.63. The monoisotopic (exact) mass is 447 g/mol. The molecule has 0 saturated carbocycles. The van der Waals surface area contributed by atoms with E-state index in [2.05, 4.69) is 0 Å². The summed E-state index contributed by atoms with van der Waals surface area (Å²) in [6, 6.07) is 14.5. The Bertz CT molecular complexity index is 1150. The number of aromatic carboxylic acids is 1. The van der Waals surface area contributed by atoms with Crippen LogP contribution in [0.2, 0.25) is 10.0 Å². The van der Waals surface area contributed by atoms with E-state index in [9.17, 15) is 19.7 Å². The molecule has 0 heterocycles. The van der Waals surface area contributed by atoms with E-state index in [1.165, 1.54) is 42.5 Å². The van der Waals surface area contributed by atoms with Crippen LogP contribution in [0.25, 0.3) is 0 Å². The first-order chi connectivity index (χ1) is 13.8. The molecule has 3 rings (SSSR count). The lowest BCUT2D eigenvalue weighted by Crippen LogP contribution is -2.05. The van der Waals surface area contributed by atoms with Gasteiger partial charge in [0.15, 0.2) is 5.78 Å². The summed E-state index contributed by atoms with van der Waals surface area (Å²) in [5.74, 6) is -1.68. The van der Waals surface area contributed by atoms with Crippen LogP contribution >= 0.6 is 35.0 Å². The second-order valence-corrected chi connectivity index (χ2v) is 7.76. The third-order valence-electron chi connectivity index (χ3n) is 3.91. The number of hydrogen-bond acceptors (Lipinski definition) is 5. The summed E-state index contributed by atoms with van der Waals surface area (Å²) < 4.78 is 0. The zero-order chi connectivity index (χ0) is 21.1. The zero-order valence-corrected chi connectivity index (χ0v) is 16.8. The van der Waals surface area contributed by atoms with Gasteiger partial charge >= 0.3 is 5.97 Å². The predicted octanol–water partition coefficient (Wildman–Crippen LogP) is 5.98. The van der Waals surface area contributed by atoms with Gasteiger partial charge in [0, 0.05) is 22.1 Å². The Labute approximate surface area is 179 Å². The maximum absolute atomic E-state index is 12.7. The molecule has 0 amide bonds. The zero-order valence-electron chi connectivity index (χ0n) is 14.5. The Hall–Kier alpha value is -2.87. The summed E-state index contributed by atoms with van der Waals surface area (Å²) in [6.45, 7) is 0. The maximum Gasteiger partial charge on any atom is 0.335 e. The van der Waals surface area contributed by atoms with Gasteiger partial charge < -0.3 is 5.11 Å². The minimum absolute atomic E-state index is 0.0443. The molecule has 29 heavy (non-hydrogen) atoms. The van der Waals surface area contributed by atoms with Crippen LogP contribution in [0.3, 0.4) is 0 Å². The second kappa shape index (κ2) is 8.65. The molecule has 0 aromatic heterocycles. The van der Waals surface area contributed by atoms with Gasteiger partial charge in [-0.15, -0.1) is 0 Å². The number of ketones is 1. The fourth-order valence-electron chi connectivity index (χ4n) is 2.52. The molecule has 0 unspecified atom stereocenters. The summed E-state index contributed by atoms with van der Waals surface area (Å²) in [4.78, 5) is 35.7. The average molecular weight is 448 g/mol. The summed E-state index contributed by atoms with van der Waals surface area (Å²) >= 11 is 13.0. The average Bonchev–Trinajstić information content (AvgIpc) is 2.70. The lowest BCUT2D eigenvalue weighted by Gasteiger charge is -2.07. The highest BCUT2D eigenvalue weighted by Crippen LogP contribution is 2.37. The van der Waals surface area contributed by atoms with Gasteiger partial charge in [-0.2, -0.15) is 0 Å². The molecule has 0 bridgehead atoms. The second-order valence-electron chi connectivity index (χ2n) is 5.83. The first kappa shape index (κ1) is 20.9. The normalized spacial score (nSPS) is 10.6. The van der Waals surface area contributed by atoms with E-state index in [-0.39, 0.29) is 22.4 Å². The molecule has 0 radical (unpaired) electrons. The Balaban J connectivity index is 1.96. The van der Waals surface area contributed by atoms with Crippen molar-refractivity contribution in [2.45, 2.75) is 9.79 Å². The number of nitrogens with zero attached hydrogens (tertiary/aromatic N) is 1. The van der Waals surface area contributed by atoms with Gasteiger partial charge in [-0.05, 0) is 42.5 Å². The Morgan fingerprint density at radius 3 is 2.24 bits per heavy atom. The van der Waals surface area contributed by atoms with E-state index in [0.29, 0.717) is 19.8 Å². The topological polar surface area (TPSA) is 97.5 Å². The van der Waals surface area contributed by atoms with Crippen LogP contribution in [0.15, 0.2) is 70.5 Å². The van der Waals surface area contributed by atoms with Crippen molar-refractivity contribution in [2.75, 3.05) is 0 Å². The van der Waals surface area contributed by atoms with Crippen molar-refractivity contribution in [3.8, 4) is 0 Å². The molecule has 0 spiro atoms. The number of nitro groups is 1. The molecular weight excluding hydrogens is 437 g/mol. The Kier molecular flexibility index (Phi) is 6.22. The third-order valence-corrected chi connectivity index (χ3v) is 5.70. The highest BCUT2D eigenvalue weighted by atomic mass is 35.5. The highest BCUT2D eigenvalue weighted by Gasteiger charge is 2.20. The van der Waals surface area contributed by atoms with Gasteiger partial charge in [-0.3, -0.25) is 14.9 Å². The van der Waals surface area contributed by atoms with Crippen LogP contribution in [0, 0.1) is 10.1 Å². The summed E-state index contributed by atoms with van der Waals surface area (Å²) in [5.41, 5.74) is -0.0831. The quantitative estimate of drug-likeness (QED) is 0.283. The van der Waals surface area contributed by atoms with Crippen molar-refractivity contribution in [3.05, 3.63) is 97.5 Å². The number of halogens is 2. The molecular formula is C20H11Cl2NO5S. The summed E-state index contributed by atoms with van der Waals surface area (Å²) in [5, 5.41) is 21.3. The number of hydrogen-bond donors (Lipinski definition) is 1. The number of nitro benzene ring substituents is 1. The Morgan fingerprint density at radius 1 is 0.897 bits per heavy atom. The summed E-state index contributed by atoms with van der Waals surface area (Å²) in [6.07, 6.45) is 0. The van der Waals surface area contributed by atoms with E-state index in [0.717, 1.165) is 11.8 Å². The van der Waals surface area contributed by atoms with Gasteiger partial charge in [-0.25, -0.2) is 4.79 Å². The van der Waals surface area contributed by atoms with Crippen LogP contribution < -0.4 is 0 Å². The molecule has 0 aliphatic rings. The van der Waals surface area contributed by atoms with E-state index in [1.54, 1.807) is 18.2 Å². The molecule has 3 aromatic carbocycles. The SMILES string of the molecule is O=C(O)c1cccc(C(=O)c2ccc(Sc3ccc(Cl)c(Cl)c3)c([N+](=O)[O-])c2)c1. The van der Waals surface area contributed by atoms with Crippen LogP contribution in [-0.4, -0.2) is 21.8 Å². The lowest BCUT2D eigenvalue weighted by atomic mass is 10.0. The fraction of sp³-hybridized carbons (Fsp3) is 0. The van der Waals surface area contributed by atoms with Crippen molar-refractivity contribution in [3.63, 3.8) is 0 Å². The van der Waals surface area contributed by atoms with Gasteiger partial charge in [0.2, 0.25) is 0 Å². The van der Waals surface area contributed by atoms with Gasteiger partial charge in [0.25, 0.3) is 5.69 Å². The molecule has 1 N–H and O–H groups in total. The van der Waals surface area contributed by atoms with E-state index < -0.39 is 16.7 Å². The maximum atomic E-state index is 12.7. The van der Waals surface area contributed by atoms with Crippen molar-refractivity contribution in [1.82, 2.24) is 0 Å². The number of carboxylic acids is 1. The predicted molar refractivity (Wildman–Crippen MR) is 111 cm³/mol. The van der Waals surface area contributed by atoms with Crippen molar-refractivity contribution >= 4 is 52.4 Å². The van der Waals surface area contributed by atoms with E-state index >= 15 is 0 Å². The smallest absolute Gasteiger partial charge is 0.335 e. The van der Waals surface area contributed by atoms with Gasteiger partial charge in [0.1, 0.15) is 0 Å². The standard InChI is InChI=1S/C20H11Cl2NO5S/c21-15-6-5-14(10-16(15)22)29-18-7-4-12(9-17(18)23(27)28)19(24)11-2-1-3-13(8-11)20(25)26/h1-10H,(H,25,26). The molecule has 0 fully saturated rings. The number of carbonyl (C=O) groups excluding carboxylic acids is 1. The molecule has 9 heteroatoms. The van der Waals surface area contributed by atoms with Crippen molar-refractivity contribution < 1.29 is 19.6 Å². The minimum atomic E-state index is -1.17. The molecule has 0 saturated heterocycles. The van der Waals surface area contributed by atoms with Gasteiger partial charge in [0.05, 0.1) is 25.4 Å². The largest absolute Gasteiger partial charge is 0.478 e.